The van der Waals surface area contributed by atoms with Crippen LogP contribution in [-0.2, 0) is 11.3 Å². The molecule has 0 spiro atoms. The number of benzene rings is 2. The van der Waals surface area contributed by atoms with Crippen LogP contribution >= 0.6 is 0 Å². The lowest BCUT2D eigenvalue weighted by Gasteiger charge is -2.22. The average molecular weight is 475 g/mol. The number of nitrogens with one attached hydrogen (secondary N) is 4. The summed E-state index contributed by atoms with van der Waals surface area (Å²) in [5.41, 5.74) is 2.44. The monoisotopic (exact) mass is 474 g/mol. The van der Waals surface area contributed by atoms with Crippen molar-refractivity contribution in [2.75, 3.05) is 17.2 Å². The molecule has 0 unspecified atom stereocenters. The molecule has 0 aliphatic heterocycles. The second-order valence-corrected chi connectivity index (χ2v) is 8.63. The Morgan fingerprint density at radius 1 is 0.800 bits per heavy atom. The summed E-state index contributed by atoms with van der Waals surface area (Å²) in [7, 11) is 0. The van der Waals surface area contributed by atoms with Crippen LogP contribution in [-0.4, -0.2) is 30.3 Å². The Hall–Kier alpha value is -4.07. The van der Waals surface area contributed by atoms with Crippen LogP contribution in [0.5, 0.6) is 0 Å². The van der Waals surface area contributed by atoms with E-state index in [1.807, 2.05) is 0 Å². The van der Waals surface area contributed by atoms with E-state index in [0.717, 1.165) is 18.5 Å². The third-order valence-electron chi connectivity index (χ3n) is 5.97. The first kappa shape index (κ1) is 24.1. The average Bonchev–Trinajstić information content (AvgIpc) is 3.41. The van der Waals surface area contributed by atoms with Crippen LogP contribution < -0.4 is 21.3 Å². The zero-order valence-corrected chi connectivity index (χ0v) is 19.5. The van der Waals surface area contributed by atoms with Crippen LogP contribution in [0.3, 0.4) is 0 Å². The van der Waals surface area contributed by atoms with Gasteiger partial charge in [0.15, 0.2) is 0 Å². The second-order valence-electron chi connectivity index (χ2n) is 8.63. The zero-order chi connectivity index (χ0) is 24.5. The van der Waals surface area contributed by atoms with Crippen molar-refractivity contribution in [2.45, 2.75) is 44.7 Å². The lowest BCUT2D eigenvalue weighted by Crippen LogP contribution is -2.36. The molecule has 1 aliphatic carbocycles. The van der Waals surface area contributed by atoms with Crippen molar-refractivity contribution in [2.24, 2.45) is 0 Å². The Morgan fingerprint density at radius 2 is 1.46 bits per heavy atom. The molecule has 2 aromatic carbocycles. The molecule has 1 aliphatic rings. The van der Waals surface area contributed by atoms with Crippen molar-refractivity contribution in [3.8, 4) is 0 Å². The highest BCUT2D eigenvalue weighted by Crippen LogP contribution is 2.18. The first-order valence-electron chi connectivity index (χ1n) is 11.9. The molecule has 8 nitrogen and oxygen atoms in total. The van der Waals surface area contributed by atoms with Gasteiger partial charge in [-0.3, -0.25) is 14.4 Å². The summed E-state index contributed by atoms with van der Waals surface area (Å²) in [6.45, 7) is 0.376. The maximum absolute atomic E-state index is 12.4. The smallest absolute Gasteiger partial charge is 0.251 e. The van der Waals surface area contributed by atoms with Gasteiger partial charge in [-0.05, 0) is 73.5 Å². The molecule has 3 aromatic rings. The van der Waals surface area contributed by atoms with E-state index >= 15 is 0 Å². The van der Waals surface area contributed by atoms with Gasteiger partial charge in [0.1, 0.15) is 5.76 Å². The summed E-state index contributed by atoms with van der Waals surface area (Å²) in [4.78, 5) is 37.0. The van der Waals surface area contributed by atoms with Crippen LogP contribution in [0.15, 0.2) is 71.3 Å². The van der Waals surface area contributed by atoms with Gasteiger partial charge in [-0.15, -0.1) is 0 Å². The van der Waals surface area contributed by atoms with Gasteiger partial charge in [0.2, 0.25) is 5.91 Å². The van der Waals surface area contributed by atoms with Crippen LogP contribution in [0.2, 0.25) is 0 Å². The van der Waals surface area contributed by atoms with E-state index in [1.165, 1.54) is 19.3 Å². The predicted octanol–water partition coefficient (Wildman–Crippen LogP) is 4.32. The van der Waals surface area contributed by atoms with Crippen LogP contribution in [0.4, 0.5) is 11.4 Å². The Morgan fingerprint density at radius 3 is 2.11 bits per heavy atom. The standard InChI is InChI=1S/C27H30N4O4/c32-25(30-23-14-10-19(11-15-23)26(33)29-17-24-7-4-16-35-24)18-28-21-12-8-20(9-13-21)27(34)31-22-5-2-1-3-6-22/h4,7-16,22,28H,1-3,5-6,17-18H2,(H,29,33)(H,30,32)(H,31,34). The molecule has 0 bridgehead atoms. The largest absolute Gasteiger partial charge is 0.467 e. The molecule has 1 heterocycles. The number of hydrogen-bond donors (Lipinski definition) is 4. The SMILES string of the molecule is O=C(CNc1ccc(C(=O)NC2CCCCC2)cc1)Nc1ccc(C(=O)NCc2ccco2)cc1. The maximum atomic E-state index is 12.4. The molecule has 0 atom stereocenters. The second kappa shape index (κ2) is 11.9. The Labute approximate surface area is 204 Å². The molecule has 3 amide bonds. The Kier molecular flexibility index (Phi) is 8.17. The lowest BCUT2D eigenvalue weighted by atomic mass is 9.95. The molecule has 1 aromatic heterocycles. The van der Waals surface area contributed by atoms with E-state index in [-0.39, 0.29) is 30.3 Å². The van der Waals surface area contributed by atoms with E-state index in [9.17, 15) is 14.4 Å². The summed E-state index contributed by atoms with van der Waals surface area (Å²) < 4.78 is 5.20. The number of carbonyl (C=O) groups excluding carboxylic acids is 3. The van der Waals surface area contributed by atoms with Gasteiger partial charge in [0.05, 0.1) is 19.4 Å². The van der Waals surface area contributed by atoms with Crippen molar-refractivity contribution < 1.29 is 18.8 Å². The summed E-state index contributed by atoms with van der Waals surface area (Å²) in [6, 6.07) is 17.6. The predicted molar refractivity (Wildman–Crippen MR) is 134 cm³/mol. The molecule has 8 heteroatoms. The molecular weight excluding hydrogens is 444 g/mol. The Bertz CT molecular complexity index is 1120. The molecular formula is C27H30N4O4. The molecule has 1 fully saturated rings. The quantitative estimate of drug-likeness (QED) is 0.369. The molecule has 4 N–H and O–H groups in total. The summed E-state index contributed by atoms with van der Waals surface area (Å²) >= 11 is 0. The first-order valence-corrected chi connectivity index (χ1v) is 11.9. The summed E-state index contributed by atoms with van der Waals surface area (Å²) in [6.07, 6.45) is 7.23. The first-order chi connectivity index (χ1) is 17.1. The van der Waals surface area contributed by atoms with Gasteiger partial charge in [-0.1, -0.05) is 19.3 Å². The maximum Gasteiger partial charge on any atom is 0.251 e. The topological polar surface area (TPSA) is 112 Å². The fourth-order valence-corrected chi connectivity index (χ4v) is 4.03. The number of furan rings is 1. The molecule has 1 saturated carbocycles. The minimum atomic E-state index is -0.225. The third kappa shape index (κ3) is 7.20. The van der Waals surface area contributed by atoms with E-state index in [1.54, 1.807) is 66.9 Å². The fourth-order valence-electron chi connectivity index (χ4n) is 4.03. The molecule has 0 radical (unpaired) electrons. The normalized spacial score (nSPS) is 13.6. The van der Waals surface area contributed by atoms with Crippen LogP contribution in [0.25, 0.3) is 0 Å². The highest BCUT2D eigenvalue weighted by atomic mass is 16.3. The number of anilines is 2. The van der Waals surface area contributed by atoms with Crippen molar-refractivity contribution in [1.82, 2.24) is 10.6 Å². The van der Waals surface area contributed by atoms with Gasteiger partial charge in [-0.25, -0.2) is 0 Å². The molecule has 4 rings (SSSR count). The molecule has 0 saturated heterocycles. The number of hydrogen-bond acceptors (Lipinski definition) is 5. The van der Waals surface area contributed by atoms with Gasteiger partial charge in [0.25, 0.3) is 11.8 Å². The highest BCUT2D eigenvalue weighted by molar-refractivity contribution is 5.97. The summed E-state index contributed by atoms with van der Waals surface area (Å²) in [5.74, 6) is 0.169. The van der Waals surface area contributed by atoms with E-state index < -0.39 is 0 Å². The van der Waals surface area contributed by atoms with Crippen LogP contribution in [0, 0.1) is 0 Å². The minimum absolute atomic E-state index is 0.0562. The van der Waals surface area contributed by atoms with E-state index in [4.69, 9.17) is 4.42 Å². The molecule has 182 valence electrons. The van der Waals surface area contributed by atoms with Crippen molar-refractivity contribution >= 4 is 29.1 Å². The van der Waals surface area contributed by atoms with Gasteiger partial charge >= 0.3 is 0 Å². The zero-order valence-electron chi connectivity index (χ0n) is 19.5. The van der Waals surface area contributed by atoms with E-state index in [2.05, 4.69) is 21.3 Å². The van der Waals surface area contributed by atoms with Gasteiger partial charge in [0, 0.05) is 28.5 Å². The van der Waals surface area contributed by atoms with Crippen molar-refractivity contribution in [3.05, 3.63) is 83.8 Å². The summed E-state index contributed by atoms with van der Waals surface area (Å²) in [5, 5.41) is 11.7. The minimum Gasteiger partial charge on any atom is -0.467 e. The van der Waals surface area contributed by atoms with Gasteiger partial charge < -0.3 is 25.7 Å². The van der Waals surface area contributed by atoms with Crippen molar-refractivity contribution in [1.29, 1.82) is 0 Å². The van der Waals surface area contributed by atoms with Gasteiger partial charge in [-0.2, -0.15) is 0 Å². The number of amides is 3. The third-order valence-corrected chi connectivity index (χ3v) is 5.97. The van der Waals surface area contributed by atoms with Crippen molar-refractivity contribution in [3.63, 3.8) is 0 Å². The lowest BCUT2D eigenvalue weighted by molar-refractivity contribution is -0.114. The number of carbonyl (C=O) groups is 3. The highest BCUT2D eigenvalue weighted by Gasteiger charge is 2.16. The number of rotatable bonds is 9. The Balaban J connectivity index is 1.20. The van der Waals surface area contributed by atoms with Crippen LogP contribution in [0.1, 0.15) is 58.6 Å². The fraction of sp³-hybridized carbons (Fsp3) is 0.296. The van der Waals surface area contributed by atoms with E-state index in [0.29, 0.717) is 29.1 Å². The molecule has 35 heavy (non-hydrogen) atoms.